The van der Waals surface area contributed by atoms with E-state index in [1.165, 1.54) is 16.9 Å². The van der Waals surface area contributed by atoms with Crippen molar-refractivity contribution in [1.82, 2.24) is 24.6 Å². The standard InChI is InChI=1S/C21H24N6.2C2HF3O2/c1-25-12-17(11-24-25)13-26-10-7-21(15-26)16-27(14-18-5-2-3-8-22-18)19-6-4-9-23-20(19)21;2*3-2(4,5)1(6)7/h2-6,8-9,11-12H,7,10,13-16H2,1H3;2*(H,6,7). The highest BCUT2D eigenvalue weighted by Crippen LogP contribution is 2.45. The minimum Gasteiger partial charge on any atom is -0.475 e. The van der Waals surface area contributed by atoms with Crippen LogP contribution in [0.3, 0.4) is 0 Å². The van der Waals surface area contributed by atoms with E-state index in [0.29, 0.717) is 0 Å². The van der Waals surface area contributed by atoms with Crippen LogP contribution in [0, 0.1) is 0 Å². The van der Waals surface area contributed by atoms with E-state index >= 15 is 0 Å². The van der Waals surface area contributed by atoms with Crippen LogP contribution in [-0.2, 0) is 35.1 Å². The third kappa shape index (κ3) is 8.39. The predicted octanol–water partition coefficient (Wildman–Crippen LogP) is 3.64. The lowest BCUT2D eigenvalue weighted by Gasteiger charge is -2.25. The topological polar surface area (TPSA) is 125 Å². The van der Waals surface area contributed by atoms with Gasteiger partial charge in [0.05, 0.1) is 29.8 Å². The van der Waals surface area contributed by atoms with Crippen molar-refractivity contribution in [2.75, 3.05) is 24.5 Å². The fourth-order valence-corrected chi connectivity index (χ4v) is 4.64. The number of nitrogens with zero attached hydrogens (tertiary/aromatic N) is 6. The number of likely N-dealkylation sites (tertiary alicyclic amines) is 1. The molecule has 1 saturated heterocycles. The highest BCUT2D eigenvalue weighted by Gasteiger charge is 2.48. The maximum Gasteiger partial charge on any atom is 0.490 e. The molecule has 0 radical (unpaired) electrons. The van der Waals surface area contributed by atoms with Crippen LogP contribution in [0.5, 0.6) is 0 Å². The quantitative estimate of drug-likeness (QED) is 0.440. The van der Waals surface area contributed by atoms with E-state index < -0.39 is 24.3 Å². The van der Waals surface area contributed by atoms with Gasteiger partial charge in [-0.25, -0.2) is 9.59 Å². The molecule has 16 heteroatoms. The molecule has 0 saturated carbocycles. The van der Waals surface area contributed by atoms with Gasteiger partial charge in [-0.1, -0.05) is 6.07 Å². The van der Waals surface area contributed by atoms with Crippen LogP contribution >= 0.6 is 0 Å². The highest BCUT2D eigenvalue weighted by atomic mass is 19.4. The first-order chi connectivity index (χ1) is 19.1. The van der Waals surface area contributed by atoms with Crippen molar-refractivity contribution in [3.05, 3.63) is 72.1 Å². The summed E-state index contributed by atoms with van der Waals surface area (Å²) >= 11 is 0. The summed E-state index contributed by atoms with van der Waals surface area (Å²) in [6.07, 6.45) is -1.13. The van der Waals surface area contributed by atoms with E-state index in [0.717, 1.165) is 44.8 Å². The zero-order valence-electron chi connectivity index (χ0n) is 21.6. The van der Waals surface area contributed by atoms with E-state index in [-0.39, 0.29) is 5.41 Å². The Morgan fingerprint density at radius 2 is 1.56 bits per heavy atom. The summed E-state index contributed by atoms with van der Waals surface area (Å²) in [5, 5.41) is 18.6. The van der Waals surface area contributed by atoms with Crippen LogP contribution in [0.1, 0.15) is 23.4 Å². The summed E-state index contributed by atoms with van der Waals surface area (Å²) < 4.78 is 65.3. The number of aryl methyl sites for hydroxylation is 1. The molecule has 41 heavy (non-hydrogen) atoms. The molecule has 1 unspecified atom stereocenters. The number of anilines is 1. The first-order valence-corrected chi connectivity index (χ1v) is 12.0. The number of alkyl halides is 6. The molecule has 3 aromatic rings. The molecule has 1 atom stereocenters. The van der Waals surface area contributed by atoms with E-state index in [9.17, 15) is 26.3 Å². The van der Waals surface area contributed by atoms with E-state index in [1.54, 1.807) is 0 Å². The molecule has 10 nitrogen and oxygen atoms in total. The molecule has 5 rings (SSSR count). The summed E-state index contributed by atoms with van der Waals surface area (Å²) in [7, 11) is 1.97. The zero-order valence-corrected chi connectivity index (χ0v) is 21.6. The van der Waals surface area contributed by atoms with E-state index in [4.69, 9.17) is 24.8 Å². The van der Waals surface area contributed by atoms with Crippen molar-refractivity contribution in [3.63, 3.8) is 0 Å². The molecule has 0 bridgehead atoms. The summed E-state index contributed by atoms with van der Waals surface area (Å²) in [4.78, 5) is 32.1. The first kappa shape index (κ1) is 31.3. The minimum atomic E-state index is -5.08. The molecule has 0 aromatic carbocycles. The fraction of sp³-hybridized carbons (Fsp3) is 0.400. The van der Waals surface area contributed by atoms with Gasteiger partial charge in [0.1, 0.15) is 0 Å². The van der Waals surface area contributed by atoms with Crippen molar-refractivity contribution >= 4 is 17.6 Å². The van der Waals surface area contributed by atoms with Crippen molar-refractivity contribution in [3.8, 4) is 0 Å². The average molecular weight is 589 g/mol. The molecule has 3 aromatic heterocycles. The van der Waals surface area contributed by atoms with Gasteiger partial charge in [0.15, 0.2) is 0 Å². The fourth-order valence-electron chi connectivity index (χ4n) is 4.64. The largest absolute Gasteiger partial charge is 0.490 e. The van der Waals surface area contributed by atoms with Crippen LogP contribution < -0.4 is 4.90 Å². The Morgan fingerprint density at radius 3 is 2.10 bits per heavy atom. The second kappa shape index (κ2) is 12.5. The maximum atomic E-state index is 10.6. The Kier molecular flexibility index (Phi) is 9.57. The highest BCUT2D eigenvalue weighted by molar-refractivity contribution is 5.73. The van der Waals surface area contributed by atoms with Gasteiger partial charge in [0, 0.05) is 56.3 Å². The van der Waals surface area contributed by atoms with Gasteiger partial charge in [-0.05, 0) is 37.2 Å². The Hall–Kier alpha value is -4.21. The first-order valence-electron chi connectivity index (χ1n) is 12.0. The number of halogens is 6. The zero-order chi connectivity index (χ0) is 30.4. The number of aliphatic carboxylic acids is 2. The molecule has 1 fully saturated rings. The van der Waals surface area contributed by atoms with Crippen molar-refractivity contribution in [1.29, 1.82) is 0 Å². The Bertz CT molecular complexity index is 1310. The number of rotatable bonds is 4. The molecule has 2 aliphatic heterocycles. The second-order valence-corrected chi connectivity index (χ2v) is 9.42. The van der Waals surface area contributed by atoms with Crippen LogP contribution in [0.25, 0.3) is 0 Å². The molecule has 2 aliphatic rings. The minimum absolute atomic E-state index is 0.119. The lowest BCUT2D eigenvalue weighted by atomic mass is 9.85. The van der Waals surface area contributed by atoms with Gasteiger partial charge in [-0.15, -0.1) is 0 Å². The van der Waals surface area contributed by atoms with Crippen molar-refractivity contribution < 1.29 is 46.1 Å². The lowest BCUT2D eigenvalue weighted by molar-refractivity contribution is -0.193. The number of aromatic nitrogens is 4. The monoisotopic (exact) mass is 588 g/mol. The third-order valence-corrected chi connectivity index (χ3v) is 6.28. The van der Waals surface area contributed by atoms with Crippen molar-refractivity contribution in [2.24, 2.45) is 7.05 Å². The molecule has 5 heterocycles. The summed E-state index contributed by atoms with van der Waals surface area (Å²) in [5.74, 6) is -5.51. The normalized spacial score (nSPS) is 18.3. The van der Waals surface area contributed by atoms with Crippen LogP contribution in [-0.4, -0.2) is 78.8 Å². The Labute approximate surface area is 229 Å². The number of hydrogen-bond donors (Lipinski definition) is 2. The third-order valence-electron chi connectivity index (χ3n) is 6.28. The van der Waals surface area contributed by atoms with Gasteiger partial charge >= 0.3 is 24.3 Å². The van der Waals surface area contributed by atoms with Gasteiger partial charge in [-0.3, -0.25) is 19.5 Å². The van der Waals surface area contributed by atoms with Gasteiger partial charge in [0.25, 0.3) is 0 Å². The lowest BCUT2D eigenvalue weighted by Crippen LogP contribution is -2.36. The molecule has 222 valence electrons. The number of hydrogen-bond acceptors (Lipinski definition) is 7. The van der Waals surface area contributed by atoms with E-state index in [2.05, 4.69) is 44.3 Å². The van der Waals surface area contributed by atoms with Gasteiger partial charge in [-0.2, -0.15) is 31.4 Å². The van der Waals surface area contributed by atoms with E-state index in [1.807, 2.05) is 42.5 Å². The molecule has 1 spiro atoms. The predicted molar refractivity (Wildman–Crippen MR) is 132 cm³/mol. The SMILES string of the molecule is Cn1cc(CN2CCC3(C2)CN(Cc2ccccn2)c2cccnc23)cn1.O=C(O)C(F)(F)F.O=C(O)C(F)(F)F. The smallest absolute Gasteiger partial charge is 0.475 e. The van der Waals surface area contributed by atoms with Crippen molar-refractivity contribution in [2.45, 2.75) is 37.3 Å². The molecule has 0 aliphatic carbocycles. The van der Waals surface area contributed by atoms with Gasteiger partial charge in [0.2, 0.25) is 0 Å². The molecular formula is C25H26F6N6O4. The number of pyridine rings is 2. The summed E-state index contributed by atoms with van der Waals surface area (Å²) in [6.45, 7) is 4.95. The second-order valence-electron chi connectivity index (χ2n) is 9.42. The molecule has 0 amide bonds. The Morgan fingerprint density at radius 1 is 0.927 bits per heavy atom. The van der Waals surface area contributed by atoms with Crippen LogP contribution in [0.4, 0.5) is 32.0 Å². The summed E-state index contributed by atoms with van der Waals surface area (Å²) in [5.41, 5.74) is 5.03. The number of carbonyl (C=O) groups is 2. The number of carboxylic acids is 2. The molecule has 2 N–H and O–H groups in total. The summed E-state index contributed by atoms with van der Waals surface area (Å²) in [6, 6.07) is 10.4. The molecular weight excluding hydrogens is 562 g/mol. The number of carboxylic acid groups (broad SMARTS) is 2. The van der Waals surface area contributed by atoms with Gasteiger partial charge < -0.3 is 15.1 Å². The average Bonchev–Trinajstić information content (AvgIpc) is 3.58. The van der Waals surface area contributed by atoms with Crippen LogP contribution in [0.2, 0.25) is 0 Å². The number of fused-ring (bicyclic) bond motifs is 2. The maximum absolute atomic E-state index is 10.6. The van der Waals surface area contributed by atoms with Crippen LogP contribution in [0.15, 0.2) is 55.1 Å². The Balaban J connectivity index is 0.000000276.